The molecule has 18 heavy (non-hydrogen) atoms. The lowest BCUT2D eigenvalue weighted by atomic mass is 9.83. The highest BCUT2D eigenvalue weighted by Gasteiger charge is 2.27. The largest absolute Gasteiger partial charge is 0.399 e. The summed E-state index contributed by atoms with van der Waals surface area (Å²) in [6, 6.07) is -0.523. The average molecular weight is 250 g/mol. The van der Waals surface area contributed by atoms with E-state index < -0.39 is 6.04 Å². The zero-order chi connectivity index (χ0) is 13.7. The molecule has 0 saturated carbocycles. The van der Waals surface area contributed by atoms with Crippen molar-refractivity contribution < 1.29 is 4.79 Å². The van der Waals surface area contributed by atoms with Crippen molar-refractivity contribution in [2.45, 2.75) is 58.9 Å². The second kappa shape index (κ2) is 6.74. The monoisotopic (exact) mass is 250 g/mol. The Hall–Kier alpha value is -1.09. The number of hydrogen-bond donors (Lipinski definition) is 2. The van der Waals surface area contributed by atoms with Crippen LogP contribution in [0.5, 0.6) is 0 Å². The van der Waals surface area contributed by atoms with Crippen LogP contribution in [0.1, 0.15) is 52.9 Å². The van der Waals surface area contributed by atoms with E-state index in [1.807, 2.05) is 0 Å². The highest BCUT2D eigenvalue weighted by Crippen LogP contribution is 2.27. The minimum absolute atomic E-state index is 0.0181. The summed E-state index contributed by atoms with van der Waals surface area (Å²) in [5, 5.41) is 0. The third-order valence-corrected chi connectivity index (χ3v) is 3.84. The average Bonchev–Trinajstić information content (AvgIpc) is 2.35. The molecule has 0 aromatic carbocycles. The van der Waals surface area contributed by atoms with Gasteiger partial charge in [0.05, 0.1) is 6.04 Å². The molecule has 2 unspecified atom stereocenters. The fourth-order valence-corrected chi connectivity index (χ4v) is 2.48. The van der Waals surface area contributed by atoms with Gasteiger partial charge in [0.15, 0.2) is 5.78 Å². The molecule has 0 radical (unpaired) electrons. The van der Waals surface area contributed by atoms with Crippen molar-refractivity contribution in [1.29, 1.82) is 0 Å². The summed E-state index contributed by atoms with van der Waals surface area (Å²) in [5.74, 6) is 0.605. The third-order valence-electron chi connectivity index (χ3n) is 3.84. The van der Waals surface area contributed by atoms with E-state index in [2.05, 4.69) is 13.8 Å². The molecule has 0 aromatic heterocycles. The van der Waals surface area contributed by atoms with Gasteiger partial charge in [-0.15, -0.1) is 0 Å². The predicted octanol–water partition coefficient (Wildman–Crippen LogP) is 2.66. The summed E-state index contributed by atoms with van der Waals surface area (Å²) in [6.45, 7) is 6.16. The van der Waals surface area contributed by atoms with Crippen molar-refractivity contribution in [3.05, 3.63) is 22.9 Å². The molecule has 0 aliphatic heterocycles. The van der Waals surface area contributed by atoms with Crippen LogP contribution in [0.25, 0.3) is 0 Å². The maximum atomic E-state index is 11.9. The highest BCUT2D eigenvalue weighted by molar-refractivity contribution is 6.02. The van der Waals surface area contributed by atoms with E-state index in [0.717, 1.165) is 18.4 Å². The standard InChI is InChI=1S/C15H26N2O/c1-4-6-7-11(5-2)9-12-13(16)8-10(3)15(18)14(12)17/h8,11,14H,4-7,9,16-17H2,1-3H3. The summed E-state index contributed by atoms with van der Waals surface area (Å²) in [7, 11) is 0. The van der Waals surface area contributed by atoms with Crippen LogP contribution in [-0.2, 0) is 4.79 Å². The topological polar surface area (TPSA) is 69.1 Å². The van der Waals surface area contributed by atoms with Gasteiger partial charge in [-0.1, -0.05) is 39.5 Å². The summed E-state index contributed by atoms with van der Waals surface area (Å²) in [4.78, 5) is 11.9. The van der Waals surface area contributed by atoms with Crippen LogP contribution in [0, 0.1) is 5.92 Å². The number of hydrogen-bond acceptors (Lipinski definition) is 3. The minimum atomic E-state index is -0.523. The molecule has 4 N–H and O–H groups in total. The smallest absolute Gasteiger partial charge is 0.179 e. The summed E-state index contributed by atoms with van der Waals surface area (Å²) < 4.78 is 0. The summed E-state index contributed by atoms with van der Waals surface area (Å²) in [5.41, 5.74) is 14.3. The van der Waals surface area contributed by atoms with Gasteiger partial charge in [0.25, 0.3) is 0 Å². The van der Waals surface area contributed by atoms with E-state index in [1.165, 1.54) is 19.3 Å². The zero-order valence-electron chi connectivity index (χ0n) is 11.8. The minimum Gasteiger partial charge on any atom is -0.399 e. The molecule has 0 aromatic rings. The molecule has 3 nitrogen and oxygen atoms in total. The summed E-state index contributed by atoms with van der Waals surface area (Å²) >= 11 is 0. The Bertz CT molecular complexity index is 369. The van der Waals surface area contributed by atoms with E-state index in [4.69, 9.17) is 11.5 Å². The lowest BCUT2D eigenvalue weighted by molar-refractivity contribution is -0.116. The van der Waals surface area contributed by atoms with E-state index in [1.54, 1.807) is 13.0 Å². The molecule has 1 aliphatic rings. The first kappa shape index (κ1) is 15.0. The molecule has 1 aliphatic carbocycles. The van der Waals surface area contributed by atoms with Gasteiger partial charge < -0.3 is 11.5 Å². The molecule has 0 amide bonds. The fourth-order valence-electron chi connectivity index (χ4n) is 2.48. The van der Waals surface area contributed by atoms with Crippen LogP contribution in [0.2, 0.25) is 0 Å². The van der Waals surface area contributed by atoms with Crippen LogP contribution in [0.15, 0.2) is 22.9 Å². The number of carbonyl (C=O) groups excluding carboxylic acids is 1. The van der Waals surface area contributed by atoms with Crippen molar-refractivity contribution in [3.63, 3.8) is 0 Å². The first-order valence-electron chi connectivity index (χ1n) is 6.97. The van der Waals surface area contributed by atoms with Crippen LogP contribution in [-0.4, -0.2) is 11.8 Å². The van der Waals surface area contributed by atoms with Gasteiger partial charge >= 0.3 is 0 Å². The third kappa shape index (κ3) is 3.45. The van der Waals surface area contributed by atoms with Crippen LogP contribution in [0.3, 0.4) is 0 Å². The van der Waals surface area contributed by atoms with Crippen molar-refractivity contribution in [3.8, 4) is 0 Å². The molecule has 0 fully saturated rings. The van der Waals surface area contributed by atoms with Gasteiger partial charge in [-0.25, -0.2) is 0 Å². The van der Waals surface area contributed by atoms with Gasteiger partial charge in [-0.3, -0.25) is 4.79 Å². The zero-order valence-corrected chi connectivity index (χ0v) is 11.8. The Morgan fingerprint density at radius 1 is 1.39 bits per heavy atom. The molecule has 0 bridgehead atoms. The Morgan fingerprint density at radius 3 is 2.61 bits per heavy atom. The van der Waals surface area contributed by atoms with Crippen LogP contribution < -0.4 is 11.5 Å². The second-order valence-corrected chi connectivity index (χ2v) is 5.27. The molecule has 0 saturated heterocycles. The van der Waals surface area contributed by atoms with Gasteiger partial charge in [-0.05, 0) is 36.5 Å². The maximum absolute atomic E-state index is 11.9. The molecular formula is C15H26N2O. The predicted molar refractivity (Wildman–Crippen MR) is 75.9 cm³/mol. The van der Waals surface area contributed by atoms with E-state index in [9.17, 15) is 4.79 Å². The highest BCUT2D eigenvalue weighted by atomic mass is 16.1. The molecule has 2 atom stereocenters. The number of nitrogens with two attached hydrogens (primary N) is 2. The van der Waals surface area contributed by atoms with Crippen molar-refractivity contribution in [1.82, 2.24) is 0 Å². The first-order valence-corrected chi connectivity index (χ1v) is 6.97. The van der Waals surface area contributed by atoms with Crippen molar-refractivity contribution in [2.24, 2.45) is 17.4 Å². The number of Topliss-reactive ketones (excluding diaryl/α,β-unsaturated/α-hetero) is 1. The molecule has 102 valence electrons. The van der Waals surface area contributed by atoms with Crippen LogP contribution >= 0.6 is 0 Å². The van der Waals surface area contributed by atoms with Crippen molar-refractivity contribution >= 4 is 5.78 Å². The summed E-state index contributed by atoms with van der Waals surface area (Å²) in [6.07, 6.45) is 7.36. The van der Waals surface area contributed by atoms with E-state index in [-0.39, 0.29) is 5.78 Å². The van der Waals surface area contributed by atoms with Crippen molar-refractivity contribution in [2.75, 3.05) is 0 Å². The number of allylic oxidation sites excluding steroid dienone is 1. The molecular weight excluding hydrogens is 224 g/mol. The Labute approximate surface area is 110 Å². The normalized spacial score (nSPS) is 22.1. The maximum Gasteiger partial charge on any atom is 0.179 e. The van der Waals surface area contributed by atoms with Gasteiger partial charge in [-0.2, -0.15) is 0 Å². The lowest BCUT2D eigenvalue weighted by Gasteiger charge is -2.25. The van der Waals surface area contributed by atoms with E-state index in [0.29, 0.717) is 17.2 Å². The number of carbonyl (C=O) groups is 1. The Balaban J connectivity index is 2.80. The molecule has 0 spiro atoms. The first-order chi connectivity index (χ1) is 8.51. The Morgan fingerprint density at radius 2 is 2.06 bits per heavy atom. The molecule has 3 heteroatoms. The van der Waals surface area contributed by atoms with Gasteiger partial charge in [0, 0.05) is 5.70 Å². The lowest BCUT2D eigenvalue weighted by Crippen LogP contribution is -2.38. The number of unbranched alkanes of at least 4 members (excludes halogenated alkanes) is 1. The molecule has 0 heterocycles. The second-order valence-electron chi connectivity index (χ2n) is 5.27. The number of ketones is 1. The van der Waals surface area contributed by atoms with Gasteiger partial charge in [0.1, 0.15) is 0 Å². The number of rotatable bonds is 6. The SMILES string of the molecule is CCCCC(CC)CC1=C(N)C=C(C)C(=O)C1N. The molecule has 1 rings (SSSR count). The van der Waals surface area contributed by atoms with Crippen LogP contribution in [0.4, 0.5) is 0 Å². The van der Waals surface area contributed by atoms with E-state index >= 15 is 0 Å². The fraction of sp³-hybridized carbons (Fsp3) is 0.667. The van der Waals surface area contributed by atoms with Gasteiger partial charge in [0.2, 0.25) is 0 Å². The quantitative estimate of drug-likeness (QED) is 0.761. The Kier molecular flexibility index (Phi) is 5.60.